The molecule has 0 aliphatic carbocycles. The Morgan fingerprint density at radius 1 is 1.12 bits per heavy atom. The largest absolute Gasteiger partial charge is 0.374 e. The summed E-state index contributed by atoms with van der Waals surface area (Å²) < 4.78 is 0. The molecule has 130 valence electrons. The zero-order valence-corrected chi connectivity index (χ0v) is 14.9. The molecule has 0 heterocycles. The Morgan fingerprint density at radius 3 is 2.52 bits per heavy atom. The van der Waals surface area contributed by atoms with E-state index in [9.17, 15) is 4.79 Å². The van der Waals surface area contributed by atoms with Gasteiger partial charge in [0.25, 0.3) is 0 Å². The lowest BCUT2D eigenvalue weighted by molar-refractivity contribution is -0.116. The van der Waals surface area contributed by atoms with E-state index in [1.807, 2.05) is 12.1 Å². The highest BCUT2D eigenvalue weighted by molar-refractivity contribution is 5.97. The molecule has 0 spiro atoms. The molecule has 25 heavy (non-hydrogen) atoms. The minimum atomic E-state index is -0.405. The molecule has 2 aromatic rings. The van der Waals surface area contributed by atoms with E-state index in [0.717, 1.165) is 12.1 Å². The molecule has 0 aliphatic rings. The van der Waals surface area contributed by atoms with Crippen LogP contribution in [0.5, 0.6) is 0 Å². The van der Waals surface area contributed by atoms with E-state index in [1.54, 1.807) is 31.2 Å². The van der Waals surface area contributed by atoms with E-state index in [0.29, 0.717) is 11.3 Å². The lowest BCUT2D eigenvalue weighted by Gasteiger charge is -2.16. The molecule has 0 radical (unpaired) electrons. The van der Waals surface area contributed by atoms with Crippen LogP contribution in [-0.4, -0.2) is 11.9 Å². The van der Waals surface area contributed by atoms with Gasteiger partial charge in [0.1, 0.15) is 12.1 Å². The average Bonchev–Trinajstić information content (AvgIpc) is 2.63. The number of unbranched alkanes of at least 4 members (excludes halogenated alkanes) is 2. The molecule has 0 aliphatic heterocycles. The number of nitrogens with zero attached hydrogens (tertiary/aromatic N) is 1. The van der Waals surface area contributed by atoms with Crippen molar-refractivity contribution in [2.45, 2.75) is 45.6 Å². The SMILES string of the molecule is CCCCCc1ccc(N[C@@H](C)C(=O)Nc2ccccc2C#N)cc1. The number of aryl methyl sites for hydroxylation is 1. The molecule has 4 heteroatoms. The standard InChI is InChI=1S/C21H25N3O/c1-3-4-5-8-17-11-13-19(14-12-17)23-16(2)21(25)24-20-10-7-6-9-18(20)15-22/h6-7,9-14,16,23H,3-5,8H2,1-2H3,(H,24,25)/t16-/m0/s1. The molecule has 0 saturated carbocycles. The molecule has 2 aromatic carbocycles. The highest BCUT2D eigenvalue weighted by Crippen LogP contribution is 2.16. The molecule has 0 unspecified atom stereocenters. The minimum absolute atomic E-state index is 0.172. The van der Waals surface area contributed by atoms with Crippen molar-refractivity contribution >= 4 is 17.3 Å². The number of carbonyl (C=O) groups is 1. The number of nitrogens with one attached hydrogen (secondary N) is 2. The van der Waals surface area contributed by atoms with Gasteiger partial charge in [-0.15, -0.1) is 0 Å². The Balaban J connectivity index is 1.91. The summed E-state index contributed by atoms with van der Waals surface area (Å²) in [5.41, 5.74) is 3.23. The second-order valence-corrected chi connectivity index (χ2v) is 6.17. The van der Waals surface area contributed by atoms with Crippen molar-refractivity contribution in [1.29, 1.82) is 5.26 Å². The highest BCUT2D eigenvalue weighted by atomic mass is 16.2. The maximum Gasteiger partial charge on any atom is 0.246 e. The summed E-state index contributed by atoms with van der Waals surface area (Å²) in [7, 11) is 0. The smallest absolute Gasteiger partial charge is 0.246 e. The van der Waals surface area contributed by atoms with Crippen LogP contribution in [0.4, 0.5) is 11.4 Å². The van der Waals surface area contributed by atoms with Gasteiger partial charge in [-0.2, -0.15) is 5.26 Å². The number of nitriles is 1. The number of hydrogen-bond donors (Lipinski definition) is 2. The van der Waals surface area contributed by atoms with E-state index in [1.165, 1.54) is 24.8 Å². The summed E-state index contributed by atoms with van der Waals surface area (Å²) in [4.78, 5) is 12.3. The van der Waals surface area contributed by atoms with Gasteiger partial charge in [-0.25, -0.2) is 0 Å². The zero-order chi connectivity index (χ0) is 18.1. The van der Waals surface area contributed by atoms with Crippen LogP contribution in [0.1, 0.15) is 44.2 Å². The van der Waals surface area contributed by atoms with Crippen LogP contribution in [0.3, 0.4) is 0 Å². The first-order chi connectivity index (χ1) is 12.1. The molecule has 0 aromatic heterocycles. The van der Waals surface area contributed by atoms with Crippen molar-refractivity contribution in [1.82, 2.24) is 0 Å². The van der Waals surface area contributed by atoms with Gasteiger partial charge >= 0.3 is 0 Å². The molecule has 2 N–H and O–H groups in total. The van der Waals surface area contributed by atoms with E-state index in [2.05, 4.69) is 35.8 Å². The van der Waals surface area contributed by atoms with Crippen LogP contribution in [0, 0.1) is 11.3 Å². The summed E-state index contributed by atoms with van der Waals surface area (Å²) in [6, 6.07) is 16.9. The van der Waals surface area contributed by atoms with Crippen molar-refractivity contribution in [3.63, 3.8) is 0 Å². The normalized spacial score (nSPS) is 11.4. The molecule has 1 atom stereocenters. The van der Waals surface area contributed by atoms with E-state index in [-0.39, 0.29) is 5.91 Å². The van der Waals surface area contributed by atoms with Crippen molar-refractivity contribution < 1.29 is 4.79 Å². The number of carbonyl (C=O) groups excluding carboxylic acids is 1. The van der Waals surface area contributed by atoms with Gasteiger partial charge in [0.05, 0.1) is 11.3 Å². The van der Waals surface area contributed by atoms with Gasteiger partial charge in [0, 0.05) is 5.69 Å². The minimum Gasteiger partial charge on any atom is -0.374 e. The molecule has 4 nitrogen and oxygen atoms in total. The molecule has 1 amide bonds. The third kappa shape index (κ3) is 5.65. The van der Waals surface area contributed by atoms with Gasteiger partial charge in [0.15, 0.2) is 0 Å². The van der Waals surface area contributed by atoms with Crippen molar-refractivity contribution in [3.8, 4) is 6.07 Å². The highest BCUT2D eigenvalue weighted by Gasteiger charge is 2.14. The first kappa shape index (κ1) is 18.5. The third-order valence-electron chi connectivity index (χ3n) is 4.10. The molecule has 0 fully saturated rings. The van der Waals surface area contributed by atoms with E-state index >= 15 is 0 Å². The zero-order valence-electron chi connectivity index (χ0n) is 14.9. The molecule has 0 bridgehead atoms. The van der Waals surface area contributed by atoms with Crippen molar-refractivity contribution in [3.05, 3.63) is 59.7 Å². The summed E-state index contributed by atoms with van der Waals surface area (Å²) in [5.74, 6) is -0.172. The van der Waals surface area contributed by atoms with Crippen LogP contribution in [-0.2, 0) is 11.2 Å². The van der Waals surface area contributed by atoms with Crippen LogP contribution in [0.25, 0.3) is 0 Å². The summed E-state index contributed by atoms with van der Waals surface area (Å²) in [6.45, 7) is 4.01. The Morgan fingerprint density at radius 2 is 1.84 bits per heavy atom. The Labute approximate surface area is 149 Å². The summed E-state index contributed by atoms with van der Waals surface area (Å²) >= 11 is 0. The summed E-state index contributed by atoms with van der Waals surface area (Å²) in [6.07, 6.45) is 4.78. The molecule has 0 saturated heterocycles. The van der Waals surface area contributed by atoms with Gasteiger partial charge in [0.2, 0.25) is 5.91 Å². The lowest BCUT2D eigenvalue weighted by atomic mass is 10.1. The predicted molar refractivity (Wildman–Crippen MR) is 103 cm³/mol. The average molecular weight is 335 g/mol. The van der Waals surface area contributed by atoms with Crippen LogP contribution < -0.4 is 10.6 Å². The molecular weight excluding hydrogens is 310 g/mol. The first-order valence-electron chi connectivity index (χ1n) is 8.79. The van der Waals surface area contributed by atoms with Gasteiger partial charge < -0.3 is 10.6 Å². The second kappa shape index (κ2) is 9.48. The van der Waals surface area contributed by atoms with Crippen LogP contribution in [0.2, 0.25) is 0 Å². The number of rotatable bonds is 8. The molecular formula is C21H25N3O. The third-order valence-corrected chi connectivity index (χ3v) is 4.10. The second-order valence-electron chi connectivity index (χ2n) is 6.17. The Hall–Kier alpha value is -2.80. The molecule has 2 rings (SSSR count). The number of benzene rings is 2. The predicted octanol–water partition coefficient (Wildman–Crippen LogP) is 4.73. The first-order valence-corrected chi connectivity index (χ1v) is 8.79. The maximum absolute atomic E-state index is 12.3. The van der Waals surface area contributed by atoms with E-state index < -0.39 is 6.04 Å². The number of hydrogen-bond acceptors (Lipinski definition) is 3. The monoisotopic (exact) mass is 335 g/mol. The number of anilines is 2. The maximum atomic E-state index is 12.3. The van der Waals surface area contributed by atoms with Crippen molar-refractivity contribution in [2.75, 3.05) is 10.6 Å². The fourth-order valence-electron chi connectivity index (χ4n) is 2.59. The Kier molecular flexibility index (Phi) is 7.03. The van der Waals surface area contributed by atoms with Gasteiger partial charge in [-0.3, -0.25) is 4.79 Å². The van der Waals surface area contributed by atoms with Crippen LogP contribution in [0.15, 0.2) is 48.5 Å². The van der Waals surface area contributed by atoms with Crippen LogP contribution >= 0.6 is 0 Å². The fourth-order valence-corrected chi connectivity index (χ4v) is 2.59. The van der Waals surface area contributed by atoms with Gasteiger partial charge in [-0.1, -0.05) is 44.0 Å². The Bertz CT molecular complexity index is 732. The number of para-hydroxylation sites is 1. The van der Waals surface area contributed by atoms with Crippen molar-refractivity contribution in [2.24, 2.45) is 0 Å². The lowest BCUT2D eigenvalue weighted by Crippen LogP contribution is -2.32. The van der Waals surface area contributed by atoms with Gasteiger partial charge in [-0.05, 0) is 49.6 Å². The number of amides is 1. The van der Waals surface area contributed by atoms with E-state index in [4.69, 9.17) is 5.26 Å². The fraction of sp³-hybridized carbons (Fsp3) is 0.333. The summed E-state index contributed by atoms with van der Waals surface area (Å²) in [5, 5.41) is 15.1. The quantitative estimate of drug-likeness (QED) is 0.685. The topological polar surface area (TPSA) is 64.9 Å².